The highest BCUT2D eigenvalue weighted by Crippen LogP contribution is 2.50. The SMILES string of the molecule is CC1CCC2(CC1)SC(C)C(=O)N2NC(=O)Cc1csc2nc(-c3ccccc3)cn12. The highest BCUT2D eigenvalue weighted by molar-refractivity contribution is 8.02. The lowest BCUT2D eigenvalue weighted by Crippen LogP contribution is -2.56. The Morgan fingerprint density at radius 2 is 1.97 bits per heavy atom. The van der Waals surface area contributed by atoms with E-state index in [1.165, 1.54) is 11.3 Å². The van der Waals surface area contributed by atoms with Gasteiger partial charge in [-0.1, -0.05) is 37.3 Å². The van der Waals surface area contributed by atoms with Crippen molar-refractivity contribution in [3.8, 4) is 11.3 Å². The first-order valence-electron chi connectivity index (χ1n) is 10.8. The number of imidazole rings is 1. The second-order valence-electron chi connectivity index (χ2n) is 8.65. The van der Waals surface area contributed by atoms with E-state index in [1.54, 1.807) is 16.8 Å². The number of hydrazine groups is 1. The average Bonchev–Trinajstić information content (AvgIpc) is 3.41. The zero-order valence-corrected chi connectivity index (χ0v) is 19.3. The molecule has 162 valence electrons. The van der Waals surface area contributed by atoms with E-state index in [1.807, 2.05) is 53.2 Å². The van der Waals surface area contributed by atoms with E-state index >= 15 is 0 Å². The molecule has 0 bridgehead atoms. The number of rotatable bonds is 4. The lowest BCUT2D eigenvalue weighted by Gasteiger charge is -2.41. The van der Waals surface area contributed by atoms with Crippen LogP contribution in [0.15, 0.2) is 41.9 Å². The van der Waals surface area contributed by atoms with Gasteiger partial charge in [0.1, 0.15) is 4.87 Å². The van der Waals surface area contributed by atoms with E-state index in [4.69, 9.17) is 4.98 Å². The van der Waals surface area contributed by atoms with Crippen molar-refractivity contribution in [3.63, 3.8) is 0 Å². The van der Waals surface area contributed by atoms with Gasteiger partial charge in [0.15, 0.2) is 4.96 Å². The normalized spacial score (nSPS) is 26.1. The fourth-order valence-electron chi connectivity index (χ4n) is 4.56. The molecule has 1 unspecified atom stereocenters. The summed E-state index contributed by atoms with van der Waals surface area (Å²) in [5.74, 6) is 0.530. The number of nitrogens with zero attached hydrogens (tertiary/aromatic N) is 3. The summed E-state index contributed by atoms with van der Waals surface area (Å²) < 4.78 is 1.98. The zero-order valence-electron chi connectivity index (χ0n) is 17.7. The quantitative estimate of drug-likeness (QED) is 0.630. The number of hydrogen-bond acceptors (Lipinski definition) is 5. The topological polar surface area (TPSA) is 66.7 Å². The van der Waals surface area contributed by atoms with Crippen molar-refractivity contribution in [1.29, 1.82) is 0 Å². The molecule has 0 radical (unpaired) electrons. The van der Waals surface area contributed by atoms with Crippen molar-refractivity contribution in [3.05, 3.63) is 47.6 Å². The Labute approximate surface area is 190 Å². The van der Waals surface area contributed by atoms with Gasteiger partial charge in [-0.25, -0.2) is 9.99 Å². The van der Waals surface area contributed by atoms with Crippen molar-refractivity contribution in [2.45, 2.75) is 56.1 Å². The number of carbonyl (C=O) groups excluding carboxylic acids is 2. The van der Waals surface area contributed by atoms with Gasteiger partial charge in [-0.15, -0.1) is 23.1 Å². The summed E-state index contributed by atoms with van der Waals surface area (Å²) in [4.78, 5) is 31.1. The maximum atomic E-state index is 13.0. The monoisotopic (exact) mass is 454 g/mol. The number of benzene rings is 1. The van der Waals surface area contributed by atoms with Crippen molar-refractivity contribution in [2.75, 3.05) is 0 Å². The standard InChI is InChI=1S/C23H26N4O2S2/c1-15-8-10-23(11-9-15)27(21(29)16(2)31-23)25-20(28)12-18-14-30-22-24-19(13-26(18)22)17-6-4-3-5-7-17/h3-7,13-16H,8-12H2,1-2H3,(H,25,28). The summed E-state index contributed by atoms with van der Waals surface area (Å²) in [5.41, 5.74) is 5.80. The summed E-state index contributed by atoms with van der Waals surface area (Å²) in [6.07, 6.45) is 6.22. The van der Waals surface area contributed by atoms with Crippen LogP contribution in [-0.2, 0) is 16.0 Å². The smallest absolute Gasteiger partial charge is 0.255 e. The van der Waals surface area contributed by atoms with Gasteiger partial charge in [0, 0.05) is 22.8 Å². The summed E-state index contributed by atoms with van der Waals surface area (Å²) in [6, 6.07) is 10.0. The van der Waals surface area contributed by atoms with Crippen LogP contribution in [0.3, 0.4) is 0 Å². The highest BCUT2D eigenvalue weighted by atomic mass is 32.2. The predicted octanol–water partition coefficient (Wildman–Crippen LogP) is 4.51. The molecule has 2 amide bonds. The van der Waals surface area contributed by atoms with Crippen LogP contribution in [0.4, 0.5) is 0 Å². The van der Waals surface area contributed by atoms with E-state index in [2.05, 4.69) is 12.3 Å². The predicted molar refractivity (Wildman–Crippen MR) is 125 cm³/mol. The summed E-state index contributed by atoms with van der Waals surface area (Å²) in [5, 5.41) is 3.50. The molecule has 1 aliphatic heterocycles. The first-order chi connectivity index (χ1) is 14.9. The van der Waals surface area contributed by atoms with Crippen molar-refractivity contribution in [1.82, 2.24) is 19.8 Å². The fraction of sp³-hybridized carbons (Fsp3) is 0.435. The molecule has 1 atom stereocenters. The largest absolute Gasteiger partial charge is 0.294 e. The lowest BCUT2D eigenvalue weighted by atomic mass is 9.86. The van der Waals surface area contributed by atoms with E-state index in [-0.39, 0.29) is 28.4 Å². The minimum absolute atomic E-state index is 0.0114. The molecule has 2 fully saturated rings. The van der Waals surface area contributed by atoms with Crippen LogP contribution in [0.2, 0.25) is 0 Å². The molecular weight excluding hydrogens is 428 g/mol. The highest BCUT2D eigenvalue weighted by Gasteiger charge is 2.52. The van der Waals surface area contributed by atoms with Crippen molar-refractivity contribution >= 4 is 39.9 Å². The number of thiazole rings is 1. The van der Waals surface area contributed by atoms with E-state index in [9.17, 15) is 9.59 Å². The molecule has 5 rings (SSSR count). The molecule has 8 heteroatoms. The number of nitrogens with one attached hydrogen (secondary N) is 1. The molecule has 1 spiro atoms. The fourth-order valence-corrected chi connectivity index (χ4v) is 7.01. The Kier molecular flexibility index (Phi) is 5.30. The third-order valence-electron chi connectivity index (χ3n) is 6.36. The Balaban J connectivity index is 1.34. The van der Waals surface area contributed by atoms with Crippen LogP contribution in [0.5, 0.6) is 0 Å². The molecule has 1 saturated carbocycles. The molecule has 1 aliphatic carbocycles. The van der Waals surface area contributed by atoms with Gasteiger partial charge >= 0.3 is 0 Å². The first-order valence-corrected chi connectivity index (χ1v) is 12.5. The van der Waals surface area contributed by atoms with Crippen LogP contribution in [0, 0.1) is 5.92 Å². The van der Waals surface area contributed by atoms with Gasteiger partial charge in [0.25, 0.3) is 5.91 Å². The van der Waals surface area contributed by atoms with Gasteiger partial charge in [0.05, 0.1) is 17.4 Å². The molecule has 1 aromatic carbocycles. The summed E-state index contributed by atoms with van der Waals surface area (Å²) in [6.45, 7) is 4.20. The van der Waals surface area contributed by atoms with Crippen molar-refractivity contribution < 1.29 is 9.59 Å². The molecule has 2 aromatic heterocycles. The summed E-state index contributed by atoms with van der Waals surface area (Å²) >= 11 is 3.23. The number of amides is 2. The minimum Gasteiger partial charge on any atom is -0.294 e. The molecule has 3 aromatic rings. The van der Waals surface area contributed by atoms with Crippen LogP contribution >= 0.6 is 23.1 Å². The number of fused-ring (bicyclic) bond motifs is 1. The van der Waals surface area contributed by atoms with Crippen LogP contribution in [0.1, 0.15) is 45.2 Å². The van der Waals surface area contributed by atoms with Gasteiger partial charge in [-0.3, -0.25) is 19.4 Å². The second kappa shape index (κ2) is 7.98. The Morgan fingerprint density at radius 1 is 1.23 bits per heavy atom. The molecule has 1 N–H and O–H groups in total. The number of hydrogen-bond donors (Lipinski definition) is 1. The molecule has 2 aliphatic rings. The van der Waals surface area contributed by atoms with Crippen LogP contribution in [-0.4, -0.2) is 36.3 Å². The Morgan fingerprint density at radius 3 is 2.71 bits per heavy atom. The van der Waals surface area contributed by atoms with Crippen LogP contribution in [0.25, 0.3) is 16.2 Å². The first kappa shape index (κ1) is 20.6. The lowest BCUT2D eigenvalue weighted by molar-refractivity contribution is -0.144. The number of carbonyl (C=O) groups is 2. The average molecular weight is 455 g/mol. The van der Waals surface area contributed by atoms with Crippen molar-refractivity contribution in [2.24, 2.45) is 5.92 Å². The van der Waals surface area contributed by atoms with E-state index in [0.29, 0.717) is 5.92 Å². The number of aromatic nitrogens is 2. The van der Waals surface area contributed by atoms with Gasteiger partial charge in [-0.05, 0) is 38.5 Å². The van der Waals surface area contributed by atoms with Gasteiger partial charge in [-0.2, -0.15) is 0 Å². The second-order valence-corrected chi connectivity index (χ2v) is 11.2. The summed E-state index contributed by atoms with van der Waals surface area (Å²) in [7, 11) is 0. The zero-order chi connectivity index (χ0) is 21.6. The molecule has 6 nitrogen and oxygen atoms in total. The maximum Gasteiger partial charge on any atom is 0.255 e. The number of thioether (sulfide) groups is 1. The molecular formula is C23H26N4O2S2. The van der Waals surface area contributed by atoms with Crippen LogP contribution < -0.4 is 5.43 Å². The van der Waals surface area contributed by atoms with Gasteiger partial charge < -0.3 is 0 Å². The van der Waals surface area contributed by atoms with E-state index in [0.717, 1.165) is 47.6 Å². The molecule has 3 heterocycles. The Hall–Kier alpha value is -2.32. The third kappa shape index (κ3) is 3.76. The maximum absolute atomic E-state index is 13.0. The Bertz CT molecular complexity index is 1120. The van der Waals surface area contributed by atoms with Gasteiger partial charge in [0.2, 0.25) is 5.91 Å². The third-order valence-corrected chi connectivity index (χ3v) is 8.83. The molecule has 1 saturated heterocycles. The van der Waals surface area contributed by atoms with E-state index < -0.39 is 0 Å². The molecule has 31 heavy (non-hydrogen) atoms. The minimum atomic E-state index is -0.294.